The molecule has 0 bridgehead atoms. The van der Waals surface area contributed by atoms with Crippen LogP contribution in [-0.4, -0.2) is 9.97 Å². The van der Waals surface area contributed by atoms with Gasteiger partial charge in [0.1, 0.15) is 0 Å². The van der Waals surface area contributed by atoms with Crippen molar-refractivity contribution in [3.05, 3.63) is 194 Å². The summed E-state index contributed by atoms with van der Waals surface area (Å²) in [7, 11) is 0. The van der Waals surface area contributed by atoms with Crippen molar-refractivity contribution in [1.82, 2.24) is 9.97 Å². The number of pyridine rings is 2. The molecule has 10 aromatic rings. The average Bonchev–Trinajstić information content (AvgIpc) is 3.84. The molecule has 0 aliphatic carbocycles. The van der Waals surface area contributed by atoms with E-state index in [1.807, 2.05) is 36.7 Å². The molecule has 0 radical (unpaired) electrons. The maximum absolute atomic E-state index is 4.51. The summed E-state index contributed by atoms with van der Waals surface area (Å²) in [6.45, 7) is 0. The van der Waals surface area contributed by atoms with E-state index < -0.39 is 0 Å². The molecule has 8 aromatic carbocycles. The molecule has 0 unspecified atom stereocenters. The number of fused-ring (bicyclic) bond motifs is 4. The van der Waals surface area contributed by atoms with Gasteiger partial charge >= 0.3 is 26.2 Å². The molecule has 0 spiro atoms. The molecule has 0 amide bonds. The van der Waals surface area contributed by atoms with Crippen LogP contribution in [0.4, 0.5) is 0 Å². The molecule has 254 valence electrons. The Hall–Kier alpha value is -5.18. The summed E-state index contributed by atoms with van der Waals surface area (Å²) in [5.74, 6) is 0. The summed E-state index contributed by atoms with van der Waals surface area (Å²) in [6, 6.07) is 64.3. The summed E-state index contributed by atoms with van der Waals surface area (Å²) < 4.78 is 0. The fraction of sp³-hybridized carbons (Fsp3) is 0. The van der Waals surface area contributed by atoms with Crippen LogP contribution in [0.2, 0.25) is 0 Å². The van der Waals surface area contributed by atoms with E-state index in [2.05, 4.69) is 168 Å². The molecule has 2 aromatic heterocycles. The second kappa shape index (κ2) is 16.7. The Morgan fingerprint density at radius 2 is 0.774 bits per heavy atom. The Morgan fingerprint density at radius 3 is 1.19 bits per heavy atom. The van der Waals surface area contributed by atoms with E-state index in [0.717, 1.165) is 11.4 Å². The second-order valence-electron chi connectivity index (χ2n) is 12.6. The van der Waals surface area contributed by atoms with Gasteiger partial charge in [0.05, 0.1) is 0 Å². The van der Waals surface area contributed by atoms with E-state index in [4.69, 9.17) is 0 Å². The third-order valence-electron chi connectivity index (χ3n) is 9.63. The Morgan fingerprint density at radius 1 is 0.358 bits per heavy atom. The van der Waals surface area contributed by atoms with Crippen molar-refractivity contribution >= 4 is 67.9 Å². The van der Waals surface area contributed by atoms with Crippen LogP contribution in [0.15, 0.2) is 194 Å². The number of halogens is 2. The van der Waals surface area contributed by atoms with Gasteiger partial charge in [-0.1, -0.05) is 156 Å². The van der Waals surface area contributed by atoms with E-state index in [1.54, 1.807) is 0 Å². The topological polar surface area (TPSA) is 25.8 Å². The molecule has 0 saturated heterocycles. The number of nitrogens with zero attached hydrogens (tertiary/aromatic N) is 2. The van der Waals surface area contributed by atoms with Gasteiger partial charge in [-0.15, -0.1) is 82.8 Å². The van der Waals surface area contributed by atoms with Crippen LogP contribution in [0.5, 0.6) is 0 Å². The molecule has 0 saturated carbocycles. The summed E-state index contributed by atoms with van der Waals surface area (Å²) >= 11 is 0. The molecular weight excluding hydrogens is 767 g/mol. The molecule has 0 aliphatic rings. The molecular formula is C48H34Cl2N2Zr. The predicted octanol–water partition coefficient (Wildman–Crippen LogP) is 13.7. The largest absolute Gasteiger partial charge is 2.00 e. The van der Waals surface area contributed by atoms with Crippen molar-refractivity contribution in [2.75, 3.05) is 0 Å². The summed E-state index contributed by atoms with van der Waals surface area (Å²) in [5.41, 5.74) is 9.47. The van der Waals surface area contributed by atoms with E-state index in [9.17, 15) is 0 Å². The number of hydrogen-bond donors (Lipinski definition) is 0. The minimum atomic E-state index is 0. The van der Waals surface area contributed by atoms with Gasteiger partial charge in [0.15, 0.2) is 0 Å². The second-order valence-corrected chi connectivity index (χ2v) is 12.6. The quantitative estimate of drug-likeness (QED) is 0.166. The zero-order valence-electron chi connectivity index (χ0n) is 28.7. The third-order valence-corrected chi connectivity index (χ3v) is 9.63. The Bertz CT molecular complexity index is 2580. The van der Waals surface area contributed by atoms with Crippen LogP contribution in [0.1, 0.15) is 0 Å². The van der Waals surface area contributed by atoms with Crippen molar-refractivity contribution in [3.63, 3.8) is 0 Å². The maximum atomic E-state index is 4.51. The zero-order valence-corrected chi connectivity index (χ0v) is 32.8. The SMILES string of the molecule is Cl.Cl.[Zr+2].c1ccc(-[c-]2ccc3c(-c4ccc5ccccc5c4)cccc32)nc1.c1ccc(-[c-]2ccc3c(-c4ccc5ccccc5c4)cccc32)nc1. The average molecular weight is 801 g/mol. The van der Waals surface area contributed by atoms with Gasteiger partial charge in [-0.25, -0.2) is 0 Å². The van der Waals surface area contributed by atoms with Crippen molar-refractivity contribution in [1.29, 1.82) is 0 Å². The first-order chi connectivity index (χ1) is 24.8. The molecule has 0 fully saturated rings. The molecule has 53 heavy (non-hydrogen) atoms. The van der Waals surface area contributed by atoms with Gasteiger partial charge in [-0.05, 0) is 44.8 Å². The van der Waals surface area contributed by atoms with Crippen LogP contribution in [0, 0.1) is 0 Å². The van der Waals surface area contributed by atoms with Crippen molar-refractivity contribution < 1.29 is 26.2 Å². The van der Waals surface area contributed by atoms with Crippen LogP contribution in [0.3, 0.4) is 0 Å². The Kier molecular flexibility index (Phi) is 11.8. The minimum Gasteiger partial charge on any atom is -0.272 e. The summed E-state index contributed by atoms with van der Waals surface area (Å²) in [5, 5.41) is 10.2. The van der Waals surface area contributed by atoms with Gasteiger partial charge in [0.2, 0.25) is 0 Å². The fourth-order valence-electron chi connectivity index (χ4n) is 7.18. The number of aromatic nitrogens is 2. The number of hydrogen-bond acceptors (Lipinski definition) is 2. The van der Waals surface area contributed by atoms with Crippen molar-refractivity contribution in [2.24, 2.45) is 0 Å². The molecule has 10 rings (SSSR count). The molecule has 0 aliphatic heterocycles. The van der Waals surface area contributed by atoms with E-state index in [0.29, 0.717) is 0 Å². The van der Waals surface area contributed by atoms with Crippen LogP contribution >= 0.6 is 24.8 Å². The first kappa shape index (κ1) is 37.6. The number of benzene rings is 6. The van der Waals surface area contributed by atoms with Gasteiger partial charge < -0.3 is 0 Å². The van der Waals surface area contributed by atoms with Crippen LogP contribution in [0.25, 0.3) is 87.9 Å². The fourth-order valence-corrected chi connectivity index (χ4v) is 7.18. The summed E-state index contributed by atoms with van der Waals surface area (Å²) in [6.07, 6.45) is 3.70. The molecule has 2 heterocycles. The Balaban J connectivity index is 0.000000172. The normalized spacial score (nSPS) is 10.6. The van der Waals surface area contributed by atoms with Crippen LogP contribution < -0.4 is 0 Å². The molecule has 0 atom stereocenters. The first-order valence-corrected chi connectivity index (χ1v) is 17.0. The van der Waals surface area contributed by atoms with Gasteiger partial charge in [0, 0.05) is 23.8 Å². The Labute approximate surface area is 340 Å². The van der Waals surface area contributed by atoms with Gasteiger partial charge in [-0.3, -0.25) is 9.97 Å². The van der Waals surface area contributed by atoms with E-state index in [1.165, 1.54) is 76.5 Å². The summed E-state index contributed by atoms with van der Waals surface area (Å²) in [4.78, 5) is 9.03. The monoisotopic (exact) mass is 798 g/mol. The van der Waals surface area contributed by atoms with Crippen molar-refractivity contribution in [2.45, 2.75) is 0 Å². The molecule has 5 heteroatoms. The van der Waals surface area contributed by atoms with E-state index >= 15 is 0 Å². The minimum absolute atomic E-state index is 0. The van der Waals surface area contributed by atoms with Gasteiger partial charge in [0.25, 0.3) is 0 Å². The third kappa shape index (κ3) is 7.39. The van der Waals surface area contributed by atoms with Gasteiger partial charge in [-0.2, -0.15) is 0 Å². The molecule has 0 N–H and O–H groups in total. The smallest absolute Gasteiger partial charge is 0.272 e. The maximum Gasteiger partial charge on any atom is 2.00 e. The predicted molar refractivity (Wildman–Crippen MR) is 226 cm³/mol. The van der Waals surface area contributed by atoms with Crippen LogP contribution in [-0.2, 0) is 26.2 Å². The first-order valence-electron chi connectivity index (χ1n) is 17.0. The number of rotatable bonds is 4. The standard InChI is InChI=1S/2C24H16N.2ClH.Zr/c2*1-2-7-18-16-19(12-11-17(18)6-1)20-8-5-9-21-22(20)13-14-23(21)24-10-3-4-15-25-24;;;/h2*1-16H;2*1H;/q2*-1;;;+2. The van der Waals surface area contributed by atoms with Crippen molar-refractivity contribution in [3.8, 4) is 44.8 Å². The zero-order chi connectivity index (χ0) is 33.3. The van der Waals surface area contributed by atoms with E-state index in [-0.39, 0.29) is 51.0 Å². The molecule has 2 nitrogen and oxygen atoms in total.